The van der Waals surface area contributed by atoms with E-state index in [2.05, 4.69) is 16.4 Å². The van der Waals surface area contributed by atoms with Crippen molar-refractivity contribution in [2.45, 2.75) is 39.8 Å². The van der Waals surface area contributed by atoms with Crippen LogP contribution in [-0.4, -0.2) is 16.9 Å². The smallest absolute Gasteiger partial charge is 0.224 e. The van der Waals surface area contributed by atoms with Gasteiger partial charge in [-0.3, -0.25) is 4.79 Å². The van der Waals surface area contributed by atoms with Gasteiger partial charge in [0.15, 0.2) is 0 Å². The molecule has 5 nitrogen and oxygen atoms in total. The zero-order chi connectivity index (χ0) is 19.0. The number of carbonyl (C=O) groups is 1. The Labute approximate surface area is 152 Å². The van der Waals surface area contributed by atoms with Crippen LogP contribution < -0.4 is 10.2 Å². The van der Waals surface area contributed by atoms with E-state index < -0.39 is 0 Å². The number of hydrogen-bond acceptors (Lipinski definition) is 4. The number of fused-ring (bicyclic) bond motifs is 1. The molecule has 26 heavy (non-hydrogen) atoms. The topological polar surface area (TPSA) is 69.0 Å². The number of pyridine rings is 1. The Balaban J connectivity index is 2.11. The van der Waals surface area contributed by atoms with Gasteiger partial charge < -0.3 is 10.2 Å². The fourth-order valence-corrected chi connectivity index (χ4v) is 3.58. The number of carbonyl (C=O) groups excluding carboxylic acids is 1. The van der Waals surface area contributed by atoms with Crippen LogP contribution in [0.2, 0.25) is 0 Å². The van der Waals surface area contributed by atoms with Gasteiger partial charge in [-0.25, -0.2) is 9.37 Å². The van der Waals surface area contributed by atoms with E-state index in [9.17, 15) is 14.4 Å². The molecule has 1 aromatic carbocycles. The molecule has 3 rings (SSSR count). The molecule has 0 aliphatic carbocycles. The van der Waals surface area contributed by atoms with E-state index in [4.69, 9.17) is 0 Å². The minimum atomic E-state index is -0.362. The number of aryl methyl sites for hydroxylation is 1. The van der Waals surface area contributed by atoms with Gasteiger partial charge in [0, 0.05) is 35.8 Å². The summed E-state index contributed by atoms with van der Waals surface area (Å²) in [6.45, 7) is 7.35. The summed E-state index contributed by atoms with van der Waals surface area (Å²) in [6.07, 6.45) is 0. The minimum Gasteiger partial charge on any atom is -0.362 e. The molecule has 1 N–H and O–H groups in total. The fourth-order valence-electron chi connectivity index (χ4n) is 3.58. The molecule has 2 aromatic rings. The number of benzene rings is 1. The molecule has 134 valence electrons. The first-order valence-corrected chi connectivity index (χ1v) is 8.57. The minimum absolute atomic E-state index is 0.0120. The normalized spacial score (nSPS) is 21.7. The molecule has 0 saturated heterocycles. The summed E-state index contributed by atoms with van der Waals surface area (Å²) in [6, 6.07) is 9.73. The Morgan fingerprint density at radius 3 is 2.69 bits per heavy atom. The first kappa shape index (κ1) is 17.9. The molecular weight excluding hydrogens is 331 g/mol. The summed E-state index contributed by atoms with van der Waals surface area (Å²) < 4.78 is 14.0. The van der Waals surface area contributed by atoms with Crippen LogP contribution in [0.1, 0.15) is 43.6 Å². The zero-order valence-electron chi connectivity index (χ0n) is 15.2. The molecule has 0 bridgehead atoms. The second-order valence-corrected chi connectivity index (χ2v) is 6.77. The van der Waals surface area contributed by atoms with Crippen LogP contribution in [0.25, 0.3) is 0 Å². The second-order valence-electron chi connectivity index (χ2n) is 6.77. The predicted octanol–water partition coefficient (Wildman–Crippen LogP) is 3.95. The molecular formula is C20H21FN4O. The van der Waals surface area contributed by atoms with Crippen LogP contribution in [0.5, 0.6) is 0 Å². The maximum atomic E-state index is 14.0. The molecule has 0 saturated carbocycles. The van der Waals surface area contributed by atoms with Crippen molar-refractivity contribution in [3.05, 3.63) is 53.0 Å². The standard InChI is InChI=1S/C20H21FN4O/c1-11-5-6-15(10-22)20(23-11)24-19-12(2)13(3)25(14(4)26)18-8-7-16(21)9-17(18)19/h5-9,12-13,19H,1-4H3,(H,23,24)/t12-,13-,19+/m0/s1. The van der Waals surface area contributed by atoms with Gasteiger partial charge in [-0.05, 0) is 44.2 Å². The summed E-state index contributed by atoms with van der Waals surface area (Å²) in [5.41, 5.74) is 2.60. The van der Waals surface area contributed by atoms with E-state index in [0.717, 1.165) is 5.69 Å². The molecule has 0 radical (unpaired) electrons. The molecule has 0 unspecified atom stereocenters. The number of halogens is 1. The Hall–Kier alpha value is -2.94. The SMILES string of the molecule is CC(=O)N1c2ccc(F)cc2[C@H](Nc2nc(C)ccc2C#N)[C@@H](C)[C@@H]1C. The average molecular weight is 352 g/mol. The van der Waals surface area contributed by atoms with Crippen molar-refractivity contribution in [2.24, 2.45) is 5.92 Å². The molecule has 0 spiro atoms. The number of amides is 1. The van der Waals surface area contributed by atoms with Crippen LogP contribution in [-0.2, 0) is 4.79 Å². The van der Waals surface area contributed by atoms with Crippen molar-refractivity contribution in [3.63, 3.8) is 0 Å². The highest BCUT2D eigenvalue weighted by Crippen LogP contribution is 2.42. The molecule has 1 aliphatic rings. The van der Waals surface area contributed by atoms with Crippen LogP contribution in [0.3, 0.4) is 0 Å². The summed E-state index contributed by atoms with van der Waals surface area (Å²) >= 11 is 0. The van der Waals surface area contributed by atoms with Gasteiger partial charge in [-0.1, -0.05) is 6.92 Å². The lowest BCUT2D eigenvalue weighted by Crippen LogP contribution is -2.48. The Bertz CT molecular complexity index is 905. The number of nitrogens with one attached hydrogen (secondary N) is 1. The van der Waals surface area contributed by atoms with Crippen molar-refractivity contribution in [2.75, 3.05) is 10.2 Å². The summed E-state index contributed by atoms with van der Waals surface area (Å²) in [4.78, 5) is 18.3. The summed E-state index contributed by atoms with van der Waals surface area (Å²) in [5, 5.41) is 12.7. The molecule has 6 heteroatoms. The highest BCUT2D eigenvalue weighted by Gasteiger charge is 2.38. The van der Waals surface area contributed by atoms with Crippen molar-refractivity contribution in [1.29, 1.82) is 5.26 Å². The molecule has 3 atom stereocenters. The number of rotatable bonds is 2. The maximum absolute atomic E-state index is 14.0. The largest absolute Gasteiger partial charge is 0.362 e. The van der Waals surface area contributed by atoms with Gasteiger partial charge in [0.1, 0.15) is 17.7 Å². The lowest BCUT2D eigenvalue weighted by Gasteiger charge is -2.44. The van der Waals surface area contributed by atoms with Gasteiger partial charge in [0.05, 0.1) is 11.6 Å². The number of nitrogens with zero attached hydrogens (tertiary/aromatic N) is 3. The third-order valence-corrected chi connectivity index (χ3v) is 5.06. The van der Waals surface area contributed by atoms with E-state index in [1.807, 2.05) is 20.8 Å². The van der Waals surface area contributed by atoms with Gasteiger partial charge in [-0.15, -0.1) is 0 Å². The Morgan fingerprint density at radius 1 is 1.31 bits per heavy atom. The van der Waals surface area contributed by atoms with Crippen molar-refractivity contribution < 1.29 is 9.18 Å². The zero-order valence-corrected chi connectivity index (χ0v) is 15.2. The van der Waals surface area contributed by atoms with Gasteiger partial charge in [-0.2, -0.15) is 5.26 Å². The van der Waals surface area contributed by atoms with E-state index in [1.165, 1.54) is 19.1 Å². The van der Waals surface area contributed by atoms with Gasteiger partial charge in [0.25, 0.3) is 0 Å². The van der Waals surface area contributed by atoms with Crippen LogP contribution in [0, 0.1) is 30.0 Å². The lowest BCUT2D eigenvalue weighted by molar-refractivity contribution is -0.117. The third-order valence-electron chi connectivity index (χ3n) is 5.06. The van der Waals surface area contributed by atoms with E-state index in [-0.39, 0.29) is 29.7 Å². The summed E-state index contributed by atoms with van der Waals surface area (Å²) in [5.74, 6) is 0.0191. The fraction of sp³-hybridized carbons (Fsp3) is 0.350. The van der Waals surface area contributed by atoms with Crippen molar-refractivity contribution in [3.8, 4) is 6.07 Å². The van der Waals surface area contributed by atoms with Gasteiger partial charge >= 0.3 is 0 Å². The molecule has 1 amide bonds. The van der Waals surface area contributed by atoms with Crippen LogP contribution >= 0.6 is 0 Å². The molecule has 2 heterocycles. The lowest BCUT2D eigenvalue weighted by atomic mass is 9.82. The van der Waals surface area contributed by atoms with E-state index >= 15 is 0 Å². The van der Waals surface area contributed by atoms with Crippen LogP contribution in [0.4, 0.5) is 15.9 Å². The molecule has 1 aliphatic heterocycles. The van der Waals surface area contributed by atoms with E-state index in [1.54, 1.807) is 23.1 Å². The number of anilines is 2. The number of nitriles is 1. The maximum Gasteiger partial charge on any atom is 0.224 e. The monoisotopic (exact) mass is 352 g/mol. The number of hydrogen-bond donors (Lipinski definition) is 1. The highest BCUT2D eigenvalue weighted by molar-refractivity contribution is 5.94. The Kier molecular flexibility index (Phi) is 4.64. The van der Waals surface area contributed by atoms with Crippen molar-refractivity contribution in [1.82, 2.24) is 4.98 Å². The first-order chi connectivity index (χ1) is 12.3. The van der Waals surface area contributed by atoms with E-state index in [0.29, 0.717) is 22.6 Å². The van der Waals surface area contributed by atoms with Crippen LogP contribution in [0.15, 0.2) is 30.3 Å². The quantitative estimate of drug-likeness (QED) is 0.889. The molecule has 1 aromatic heterocycles. The Morgan fingerprint density at radius 2 is 2.04 bits per heavy atom. The third kappa shape index (κ3) is 3.01. The highest BCUT2D eigenvalue weighted by atomic mass is 19.1. The van der Waals surface area contributed by atoms with Gasteiger partial charge in [0.2, 0.25) is 5.91 Å². The predicted molar refractivity (Wildman–Crippen MR) is 98.2 cm³/mol. The summed E-state index contributed by atoms with van der Waals surface area (Å²) in [7, 11) is 0. The number of aromatic nitrogens is 1. The first-order valence-electron chi connectivity index (χ1n) is 8.57. The van der Waals surface area contributed by atoms with Crippen molar-refractivity contribution >= 4 is 17.4 Å². The molecule has 0 fully saturated rings. The average Bonchev–Trinajstić information content (AvgIpc) is 2.59. The second kappa shape index (κ2) is 6.75.